The van der Waals surface area contributed by atoms with Gasteiger partial charge >= 0.3 is 11.9 Å². The van der Waals surface area contributed by atoms with Gasteiger partial charge in [-0.2, -0.15) is 0 Å². The molecule has 2 aromatic rings. The predicted molar refractivity (Wildman–Crippen MR) is 115 cm³/mol. The number of benzene rings is 1. The summed E-state index contributed by atoms with van der Waals surface area (Å²) in [7, 11) is 0. The first-order valence-electron chi connectivity index (χ1n) is 10.2. The first-order valence-corrected chi connectivity index (χ1v) is 10.2. The van der Waals surface area contributed by atoms with E-state index in [2.05, 4.69) is 10.3 Å². The minimum absolute atomic E-state index is 0.184. The zero-order chi connectivity index (χ0) is 23.3. The van der Waals surface area contributed by atoms with Crippen molar-refractivity contribution in [2.24, 2.45) is 5.92 Å². The van der Waals surface area contributed by atoms with Crippen LogP contribution in [0.5, 0.6) is 11.6 Å². The SMILES string of the molecule is CCOc1ncccc1OC[C@@H]1CNCC[C@H]1c1cccc(F)c1.O=C(O)/C=C/C(=O)O. The van der Waals surface area contributed by atoms with Gasteiger partial charge in [-0.3, -0.25) is 0 Å². The molecule has 0 aliphatic carbocycles. The zero-order valence-electron chi connectivity index (χ0n) is 17.7. The van der Waals surface area contributed by atoms with E-state index in [9.17, 15) is 14.0 Å². The number of pyridine rings is 1. The molecule has 2 atom stereocenters. The Hall–Kier alpha value is -3.46. The van der Waals surface area contributed by atoms with E-state index in [-0.39, 0.29) is 17.7 Å². The normalized spacial score (nSPS) is 17.8. The summed E-state index contributed by atoms with van der Waals surface area (Å²) in [5.74, 6) is -0.963. The average Bonchev–Trinajstić information content (AvgIpc) is 2.78. The van der Waals surface area contributed by atoms with Crippen molar-refractivity contribution in [1.82, 2.24) is 10.3 Å². The van der Waals surface area contributed by atoms with Crippen molar-refractivity contribution in [3.05, 3.63) is 66.1 Å². The van der Waals surface area contributed by atoms with Gasteiger partial charge in [0.2, 0.25) is 0 Å². The molecule has 9 heteroatoms. The van der Waals surface area contributed by atoms with Crippen LogP contribution in [0.3, 0.4) is 0 Å². The van der Waals surface area contributed by atoms with Crippen molar-refractivity contribution in [2.75, 3.05) is 26.3 Å². The van der Waals surface area contributed by atoms with Crippen LogP contribution in [-0.2, 0) is 9.59 Å². The third-order valence-electron chi connectivity index (χ3n) is 4.72. The Morgan fingerprint density at radius 2 is 1.94 bits per heavy atom. The molecule has 0 radical (unpaired) electrons. The Labute approximate surface area is 185 Å². The molecule has 0 bridgehead atoms. The van der Waals surface area contributed by atoms with E-state index in [1.54, 1.807) is 18.3 Å². The largest absolute Gasteiger partial charge is 0.488 e. The summed E-state index contributed by atoms with van der Waals surface area (Å²) >= 11 is 0. The van der Waals surface area contributed by atoms with Gasteiger partial charge in [0, 0.05) is 30.8 Å². The number of carbonyl (C=O) groups is 2. The highest BCUT2D eigenvalue weighted by Gasteiger charge is 2.27. The quantitative estimate of drug-likeness (QED) is 0.530. The minimum atomic E-state index is -1.26. The van der Waals surface area contributed by atoms with Crippen LogP contribution >= 0.6 is 0 Å². The lowest BCUT2D eigenvalue weighted by Crippen LogP contribution is -2.38. The number of carboxylic acids is 2. The van der Waals surface area contributed by atoms with Crippen LogP contribution in [-0.4, -0.2) is 53.4 Å². The summed E-state index contributed by atoms with van der Waals surface area (Å²) in [6, 6.07) is 10.6. The van der Waals surface area contributed by atoms with Crippen LogP contribution in [0.2, 0.25) is 0 Å². The van der Waals surface area contributed by atoms with E-state index >= 15 is 0 Å². The van der Waals surface area contributed by atoms with Gasteiger partial charge in [-0.15, -0.1) is 0 Å². The van der Waals surface area contributed by atoms with Crippen molar-refractivity contribution in [3.8, 4) is 11.6 Å². The van der Waals surface area contributed by atoms with Gasteiger partial charge in [0.15, 0.2) is 5.75 Å². The fraction of sp³-hybridized carbons (Fsp3) is 0.348. The third kappa shape index (κ3) is 8.35. The number of nitrogens with one attached hydrogen (secondary N) is 1. The van der Waals surface area contributed by atoms with E-state index in [4.69, 9.17) is 19.7 Å². The van der Waals surface area contributed by atoms with E-state index in [1.165, 1.54) is 6.07 Å². The smallest absolute Gasteiger partial charge is 0.328 e. The number of rotatable bonds is 8. The maximum absolute atomic E-state index is 13.6. The fourth-order valence-corrected chi connectivity index (χ4v) is 3.34. The number of carboxylic acid groups (broad SMARTS) is 2. The van der Waals surface area contributed by atoms with E-state index in [1.807, 2.05) is 25.1 Å². The molecule has 1 saturated heterocycles. The molecule has 2 heterocycles. The van der Waals surface area contributed by atoms with Gasteiger partial charge in [0.05, 0.1) is 13.2 Å². The van der Waals surface area contributed by atoms with Crippen molar-refractivity contribution in [3.63, 3.8) is 0 Å². The molecule has 0 spiro atoms. The van der Waals surface area contributed by atoms with Crippen LogP contribution < -0.4 is 14.8 Å². The van der Waals surface area contributed by atoms with Crippen LogP contribution in [0.25, 0.3) is 0 Å². The van der Waals surface area contributed by atoms with Crippen LogP contribution in [0, 0.1) is 11.7 Å². The molecule has 0 unspecified atom stereocenters. The Balaban J connectivity index is 0.000000390. The number of halogens is 1. The molecule has 172 valence electrons. The highest BCUT2D eigenvalue weighted by molar-refractivity contribution is 5.89. The molecule has 32 heavy (non-hydrogen) atoms. The Morgan fingerprint density at radius 1 is 1.19 bits per heavy atom. The number of aromatic nitrogens is 1. The lowest BCUT2D eigenvalue weighted by molar-refractivity contribution is -0.134. The lowest BCUT2D eigenvalue weighted by Gasteiger charge is -2.32. The van der Waals surface area contributed by atoms with Crippen LogP contribution in [0.1, 0.15) is 24.8 Å². The van der Waals surface area contributed by atoms with Crippen molar-refractivity contribution in [1.29, 1.82) is 0 Å². The van der Waals surface area contributed by atoms with E-state index in [0.717, 1.165) is 25.1 Å². The predicted octanol–water partition coefficient (Wildman–Crippen LogP) is 3.10. The summed E-state index contributed by atoms with van der Waals surface area (Å²) in [4.78, 5) is 23.3. The molecule has 1 fully saturated rings. The number of piperidine rings is 1. The summed E-state index contributed by atoms with van der Waals surface area (Å²) in [6.07, 6.45) is 3.78. The van der Waals surface area contributed by atoms with Crippen molar-refractivity contribution >= 4 is 11.9 Å². The van der Waals surface area contributed by atoms with E-state index in [0.29, 0.717) is 37.0 Å². The van der Waals surface area contributed by atoms with Gasteiger partial charge in [-0.1, -0.05) is 12.1 Å². The maximum Gasteiger partial charge on any atom is 0.328 e. The summed E-state index contributed by atoms with van der Waals surface area (Å²) in [5.41, 5.74) is 1.04. The van der Waals surface area contributed by atoms with Gasteiger partial charge < -0.3 is 25.0 Å². The first-order chi connectivity index (χ1) is 15.4. The maximum atomic E-state index is 13.6. The number of ether oxygens (including phenoxy) is 2. The van der Waals surface area contributed by atoms with Crippen LogP contribution in [0.4, 0.5) is 4.39 Å². The molecule has 8 nitrogen and oxygen atoms in total. The standard InChI is InChI=1S/C19H23FN2O2.C4H4O4/c1-2-23-19-18(7-4-9-22-19)24-13-15-12-21-10-8-17(15)14-5-3-6-16(20)11-14;5-3(6)1-2-4(7)8/h3-7,9,11,15,17,21H,2,8,10,12-13H2,1H3;1-2H,(H,5,6)(H,7,8)/b;2-1+/t15-,17-;/m0./s1. The minimum Gasteiger partial charge on any atom is -0.488 e. The number of hydrogen-bond acceptors (Lipinski definition) is 6. The second-order valence-corrected chi connectivity index (χ2v) is 6.97. The lowest BCUT2D eigenvalue weighted by atomic mass is 9.81. The molecule has 1 aliphatic rings. The van der Waals surface area contributed by atoms with Crippen LogP contribution in [0.15, 0.2) is 54.7 Å². The Kier molecular flexibility index (Phi) is 10.1. The molecular formula is C23H27FN2O6. The average molecular weight is 446 g/mol. The number of aliphatic carboxylic acids is 2. The summed E-state index contributed by atoms with van der Waals surface area (Å²) in [5, 5.41) is 19.0. The van der Waals surface area contributed by atoms with Gasteiger partial charge in [-0.25, -0.2) is 19.0 Å². The Bertz CT molecular complexity index is 905. The molecule has 3 rings (SSSR count). The van der Waals surface area contributed by atoms with Crippen molar-refractivity contribution in [2.45, 2.75) is 19.3 Å². The summed E-state index contributed by atoms with van der Waals surface area (Å²) in [6.45, 7) is 4.80. The molecule has 1 aromatic carbocycles. The zero-order valence-corrected chi connectivity index (χ0v) is 17.7. The van der Waals surface area contributed by atoms with Crippen molar-refractivity contribution < 1.29 is 33.7 Å². The fourth-order valence-electron chi connectivity index (χ4n) is 3.34. The molecule has 3 N–H and O–H groups in total. The molecule has 1 aromatic heterocycles. The van der Waals surface area contributed by atoms with Gasteiger partial charge in [-0.05, 0) is 55.6 Å². The first kappa shape index (κ1) is 24.8. The van der Waals surface area contributed by atoms with Gasteiger partial charge in [0.25, 0.3) is 5.88 Å². The molecular weight excluding hydrogens is 419 g/mol. The summed E-state index contributed by atoms with van der Waals surface area (Å²) < 4.78 is 25.1. The monoisotopic (exact) mass is 446 g/mol. The number of hydrogen-bond donors (Lipinski definition) is 3. The third-order valence-corrected chi connectivity index (χ3v) is 4.72. The Morgan fingerprint density at radius 3 is 2.59 bits per heavy atom. The topological polar surface area (TPSA) is 118 Å². The highest BCUT2D eigenvalue weighted by Crippen LogP contribution is 2.32. The second kappa shape index (κ2) is 13.1. The number of nitrogens with zero attached hydrogens (tertiary/aromatic N) is 1. The second-order valence-electron chi connectivity index (χ2n) is 6.97. The van der Waals surface area contributed by atoms with E-state index < -0.39 is 11.9 Å². The van der Waals surface area contributed by atoms with Gasteiger partial charge in [0.1, 0.15) is 5.82 Å². The highest BCUT2D eigenvalue weighted by atomic mass is 19.1. The molecule has 1 aliphatic heterocycles. The molecule has 0 saturated carbocycles. The molecule has 0 amide bonds.